The lowest BCUT2D eigenvalue weighted by Crippen LogP contribution is -2.56. The molecule has 2 N–H and O–H groups in total. The van der Waals surface area contributed by atoms with E-state index in [1.807, 2.05) is 17.0 Å². The number of piperidine rings is 1. The largest absolute Gasteiger partial charge is 0.394 e. The fraction of sp³-hybridized carbons (Fsp3) is 0.588. The quantitative estimate of drug-likeness (QED) is 0.877. The molecule has 126 valence electrons. The van der Waals surface area contributed by atoms with Crippen molar-refractivity contribution in [3.8, 4) is 0 Å². The topological polar surface area (TPSA) is 61.8 Å². The predicted octanol–water partition coefficient (Wildman–Crippen LogP) is 1.69. The van der Waals surface area contributed by atoms with Gasteiger partial charge in [0.15, 0.2) is 0 Å². The van der Waals surface area contributed by atoms with E-state index >= 15 is 0 Å². The van der Waals surface area contributed by atoms with Crippen LogP contribution in [0.25, 0.3) is 0 Å². The van der Waals surface area contributed by atoms with E-state index in [1.54, 1.807) is 12.1 Å². The fourth-order valence-corrected chi connectivity index (χ4v) is 3.57. The summed E-state index contributed by atoms with van der Waals surface area (Å²) in [5, 5.41) is 13.7. The summed E-state index contributed by atoms with van der Waals surface area (Å²) in [7, 11) is 0. The Morgan fingerprint density at radius 2 is 2.13 bits per heavy atom. The van der Waals surface area contributed by atoms with Gasteiger partial charge in [0.05, 0.1) is 29.3 Å². The zero-order chi connectivity index (χ0) is 16.3. The van der Waals surface area contributed by atoms with Gasteiger partial charge in [-0.25, -0.2) is 0 Å². The van der Waals surface area contributed by atoms with Crippen molar-refractivity contribution in [3.63, 3.8) is 0 Å². The summed E-state index contributed by atoms with van der Waals surface area (Å²) in [6, 6.07) is 7.48. The van der Waals surface area contributed by atoms with Gasteiger partial charge in [0.1, 0.15) is 0 Å². The molecular weight excluding hydrogens is 316 g/mol. The third kappa shape index (κ3) is 3.69. The summed E-state index contributed by atoms with van der Waals surface area (Å²) in [4.78, 5) is 14.4. The lowest BCUT2D eigenvalue weighted by molar-refractivity contribution is 0.0658. The Balaban J connectivity index is 1.56. The van der Waals surface area contributed by atoms with E-state index in [0.717, 1.165) is 19.3 Å². The molecule has 0 unspecified atom stereocenters. The second-order valence-corrected chi connectivity index (χ2v) is 6.84. The molecule has 1 aromatic carbocycles. The normalized spacial score (nSPS) is 25.7. The Bertz CT molecular complexity index is 553. The molecule has 1 aromatic rings. The van der Waals surface area contributed by atoms with Crippen molar-refractivity contribution in [3.05, 3.63) is 34.9 Å². The van der Waals surface area contributed by atoms with Crippen LogP contribution in [0.2, 0.25) is 5.02 Å². The second kappa shape index (κ2) is 7.18. The molecule has 0 radical (unpaired) electrons. The zero-order valence-corrected chi connectivity index (χ0v) is 13.9. The number of hydrogen-bond acceptors (Lipinski definition) is 4. The number of amides is 1. The minimum atomic E-state index is -0.306. The number of aliphatic hydroxyl groups excluding tert-OH is 1. The molecule has 23 heavy (non-hydrogen) atoms. The summed E-state index contributed by atoms with van der Waals surface area (Å²) in [6.45, 7) is 2.74. The van der Waals surface area contributed by atoms with Gasteiger partial charge in [-0.3, -0.25) is 4.79 Å². The highest BCUT2D eigenvalue weighted by Gasteiger charge is 2.37. The molecule has 2 aliphatic heterocycles. The van der Waals surface area contributed by atoms with E-state index in [-0.39, 0.29) is 18.1 Å². The van der Waals surface area contributed by atoms with Crippen molar-refractivity contribution in [2.45, 2.75) is 30.8 Å². The third-order valence-electron chi connectivity index (χ3n) is 4.80. The van der Waals surface area contributed by atoms with Crippen molar-refractivity contribution in [2.75, 3.05) is 32.9 Å². The number of aliphatic hydroxyl groups is 1. The maximum atomic E-state index is 12.6. The highest BCUT2D eigenvalue weighted by Crippen LogP contribution is 2.23. The first-order valence-electron chi connectivity index (χ1n) is 8.14. The summed E-state index contributed by atoms with van der Waals surface area (Å²) >= 11 is 6.12. The lowest BCUT2D eigenvalue weighted by Gasteiger charge is -2.37. The maximum Gasteiger partial charge on any atom is 0.255 e. The van der Waals surface area contributed by atoms with Crippen molar-refractivity contribution in [2.24, 2.45) is 0 Å². The van der Waals surface area contributed by atoms with Gasteiger partial charge < -0.3 is 20.1 Å². The van der Waals surface area contributed by atoms with Crippen LogP contribution in [0.15, 0.2) is 24.3 Å². The van der Waals surface area contributed by atoms with Gasteiger partial charge in [-0.1, -0.05) is 23.7 Å². The average molecular weight is 339 g/mol. The fourth-order valence-electron chi connectivity index (χ4n) is 3.36. The average Bonchev–Trinajstić information content (AvgIpc) is 3.04. The molecule has 0 bridgehead atoms. The standard InChI is InChI=1S/C17H23ClN2O3/c18-15-4-2-1-3-14(15)16(22)20-8-5-13(6-9-20)19-17(11-21)7-10-23-12-17/h1-4,13,19,21H,5-12H2/t17-/m1/s1. The van der Waals surface area contributed by atoms with Crippen LogP contribution in [-0.4, -0.2) is 60.4 Å². The third-order valence-corrected chi connectivity index (χ3v) is 5.13. The highest BCUT2D eigenvalue weighted by molar-refractivity contribution is 6.33. The first-order valence-corrected chi connectivity index (χ1v) is 8.51. The molecule has 2 fully saturated rings. The van der Waals surface area contributed by atoms with Gasteiger partial charge in [0.25, 0.3) is 5.91 Å². The summed E-state index contributed by atoms with van der Waals surface area (Å²) in [5.74, 6) is -0.00452. The molecule has 1 atom stereocenters. The SMILES string of the molecule is O=C(c1ccccc1Cl)N1CCC(N[C@@]2(CO)CCOC2)CC1. The number of benzene rings is 1. The Hall–Kier alpha value is -1.14. The first-order chi connectivity index (χ1) is 11.1. The molecule has 0 saturated carbocycles. The Morgan fingerprint density at radius 1 is 1.39 bits per heavy atom. The van der Waals surface area contributed by atoms with E-state index in [2.05, 4.69) is 5.32 Å². The lowest BCUT2D eigenvalue weighted by atomic mass is 9.95. The van der Waals surface area contributed by atoms with Crippen LogP contribution in [0.5, 0.6) is 0 Å². The smallest absolute Gasteiger partial charge is 0.255 e. The number of halogens is 1. The monoisotopic (exact) mass is 338 g/mol. The minimum Gasteiger partial charge on any atom is -0.394 e. The highest BCUT2D eigenvalue weighted by atomic mass is 35.5. The Morgan fingerprint density at radius 3 is 2.74 bits per heavy atom. The van der Waals surface area contributed by atoms with E-state index in [4.69, 9.17) is 16.3 Å². The van der Waals surface area contributed by atoms with Crippen molar-refractivity contribution < 1.29 is 14.6 Å². The van der Waals surface area contributed by atoms with Crippen LogP contribution >= 0.6 is 11.6 Å². The van der Waals surface area contributed by atoms with E-state index in [1.165, 1.54) is 0 Å². The maximum absolute atomic E-state index is 12.6. The molecule has 2 heterocycles. The summed E-state index contributed by atoms with van der Waals surface area (Å²) < 4.78 is 5.42. The minimum absolute atomic E-state index is 0.00452. The number of carbonyl (C=O) groups excluding carboxylic acids is 1. The molecule has 3 rings (SSSR count). The van der Waals surface area contributed by atoms with Crippen molar-refractivity contribution in [1.82, 2.24) is 10.2 Å². The van der Waals surface area contributed by atoms with Gasteiger partial charge in [0.2, 0.25) is 0 Å². The number of hydrogen-bond donors (Lipinski definition) is 2. The van der Waals surface area contributed by atoms with Crippen LogP contribution in [0, 0.1) is 0 Å². The zero-order valence-electron chi connectivity index (χ0n) is 13.1. The van der Waals surface area contributed by atoms with E-state index in [0.29, 0.717) is 42.9 Å². The molecule has 0 spiro atoms. The van der Waals surface area contributed by atoms with Gasteiger partial charge in [-0.15, -0.1) is 0 Å². The molecule has 2 saturated heterocycles. The summed E-state index contributed by atoms with van der Waals surface area (Å²) in [6.07, 6.45) is 2.58. The number of likely N-dealkylation sites (tertiary alicyclic amines) is 1. The van der Waals surface area contributed by atoms with Crippen LogP contribution < -0.4 is 5.32 Å². The molecule has 0 aliphatic carbocycles. The van der Waals surface area contributed by atoms with Crippen molar-refractivity contribution >= 4 is 17.5 Å². The number of nitrogens with one attached hydrogen (secondary N) is 1. The molecule has 5 nitrogen and oxygen atoms in total. The van der Waals surface area contributed by atoms with E-state index < -0.39 is 0 Å². The van der Waals surface area contributed by atoms with Crippen LogP contribution in [0.4, 0.5) is 0 Å². The number of carbonyl (C=O) groups is 1. The van der Waals surface area contributed by atoms with Gasteiger partial charge >= 0.3 is 0 Å². The number of ether oxygens (including phenoxy) is 1. The Labute approximate surface area is 141 Å². The van der Waals surface area contributed by atoms with Gasteiger partial charge in [-0.2, -0.15) is 0 Å². The van der Waals surface area contributed by atoms with Crippen LogP contribution in [0.3, 0.4) is 0 Å². The Kier molecular flexibility index (Phi) is 5.21. The van der Waals surface area contributed by atoms with Crippen LogP contribution in [0.1, 0.15) is 29.6 Å². The molecular formula is C17H23ClN2O3. The molecule has 6 heteroatoms. The number of nitrogens with zero attached hydrogens (tertiary/aromatic N) is 1. The summed E-state index contributed by atoms with van der Waals surface area (Å²) in [5.41, 5.74) is 0.260. The van der Waals surface area contributed by atoms with Gasteiger partial charge in [0, 0.05) is 25.7 Å². The van der Waals surface area contributed by atoms with E-state index in [9.17, 15) is 9.90 Å². The molecule has 2 aliphatic rings. The number of rotatable bonds is 4. The second-order valence-electron chi connectivity index (χ2n) is 6.43. The van der Waals surface area contributed by atoms with Crippen molar-refractivity contribution in [1.29, 1.82) is 0 Å². The first kappa shape index (κ1) is 16.7. The van der Waals surface area contributed by atoms with Crippen LogP contribution in [-0.2, 0) is 4.74 Å². The molecule has 1 amide bonds. The van der Waals surface area contributed by atoms with Gasteiger partial charge in [-0.05, 0) is 31.4 Å². The molecule has 0 aromatic heterocycles. The predicted molar refractivity (Wildman–Crippen MR) is 88.8 cm³/mol.